The minimum atomic E-state index is -0.759. The van der Waals surface area contributed by atoms with Gasteiger partial charge >= 0.3 is 0 Å². The molecule has 13 heavy (non-hydrogen) atoms. The molecule has 1 aromatic carbocycles. The molecule has 1 nitrogen and oxygen atoms in total. The van der Waals surface area contributed by atoms with Crippen LogP contribution in [0.5, 0.6) is 0 Å². The summed E-state index contributed by atoms with van der Waals surface area (Å²) in [5.41, 5.74) is 0. The van der Waals surface area contributed by atoms with Gasteiger partial charge in [-0.2, -0.15) is 0 Å². The Balaban J connectivity index is 2.13. The highest BCUT2D eigenvalue weighted by Crippen LogP contribution is 2.26. The van der Waals surface area contributed by atoms with Crippen molar-refractivity contribution in [3.63, 3.8) is 0 Å². The molecule has 0 heterocycles. The van der Waals surface area contributed by atoms with Gasteiger partial charge in [-0.15, -0.1) is 0 Å². The highest BCUT2D eigenvalue weighted by atomic mass is 32.2. The summed E-state index contributed by atoms with van der Waals surface area (Å²) in [5.74, 6) is 0. The van der Waals surface area contributed by atoms with Crippen molar-refractivity contribution in [3.8, 4) is 0 Å². The van der Waals surface area contributed by atoms with Crippen LogP contribution < -0.4 is 0 Å². The van der Waals surface area contributed by atoms with Crippen LogP contribution in [0.25, 0.3) is 0 Å². The van der Waals surface area contributed by atoms with E-state index in [9.17, 15) is 4.21 Å². The van der Waals surface area contributed by atoms with Crippen LogP contribution in [0, 0.1) is 0 Å². The maximum Gasteiger partial charge on any atom is 0.0560 e. The molecule has 0 spiro atoms. The van der Waals surface area contributed by atoms with Gasteiger partial charge in [-0.25, -0.2) is 0 Å². The lowest BCUT2D eigenvalue weighted by Gasteiger charge is -2.08. The Morgan fingerprint density at radius 3 is 2.31 bits per heavy atom. The lowest BCUT2D eigenvalue weighted by molar-refractivity contribution is 0.669. The van der Waals surface area contributed by atoms with Gasteiger partial charge in [0.25, 0.3) is 0 Å². The van der Waals surface area contributed by atoms with Gasteiger partial charge in [0.2, 0.25) is 0 Å². The normalized spacial score (nSPS) is 20.3. The third-order valence-electron chi connectivity index (χ3n) is 2.58. The van der Waals surface area contributed by atoms with Crippen molar-refractivity contribution in [3.05, 3.63) is 30.3 Å². The standard InChI is InChI=1S/C11H14OS/c12-13(11-8-4-5-9-11)10-6-2-1-3-7-10/h1-3,6-7,11H,4-5,8-9H2. The average Bonchev–Trinajstić information content (AvgIpc) is 2.71. The Bertz CT molecular complexity index is 288. The highest BCUT2D eigenvalue weighted by Gasteiger charge is 2.21. The predicted molar refractivity (Wildman–Crippen MR) is 55.1 cm³/mol. The maximum atomic E-state index is 12.0. The first-order chi connectivity index (χ1) is 6.38. The molecular weight excluding hydrogens is 180 g/mol. The first kappa shape index (κ1) is 8.95. The van der Waals surface area contributed by atoms with E-state index in [0.29, 0.717) is 5.25 Å². The molecule has 2 heteroatoms. The second-order valence-electron chi connectivity index (χ2n) is 3.52. The first-order valence-electron chi connectivity index (χ1n) is 4.83. The number of hydrogen-bond donors (Lipinski definition) is 0. The van der Waals surface area contributed by atoms with Crippen LogP contribution >= 0.6 is 0 Å². The number of rotatable bonds is 2. The van der Waals surface area contributed by atoms with Gasteiger partial charge in [0.15, 0.2) is 0 Å². The number of benzene rings is 1. The number of hydrogen-bond acceptors (Lipinski definition) is 1. The molecule has 1 aromatic rings. The molecule has 1 aliphatic rings. The highest BCUT2D eigenvalue weighted by molar-refractivity contribution is 7.85. The summed E-state index contributed by atoms with van der Waals surface area (Å²) in [7, 11) is -0.759. The molecule has 1 atom stereocenters. The minimum absolute atomic E-state index is 0.419. The molecule has 0 bridgehead atoms. The van der Waals surface area contributed by atoms with Crippen molar-refractivity contribution in [1.29, 1.82) is 0 Å². The molecule has 0 aromatic heterocycles. The third kappa shape index (κ3) is 1.99. The zero-order valence-corrected chi connectivity index (χ0v) is 8.43. The summed E-state index contributed by atoms with van der Waals surface area (Å²) in [6.45, 7) is 0. The van der Waals surface area contributed by atoms with Crippen LogP contribution in [0.4, 0.5) is 0 Å². The molecule has 1 unspecified atom stereocenters. The van der Waals surface area contributed by atoms with Gasteiger partial charge in [0.1, 0.15) is 0 Å². The molecular formula is C11H14OS. The predicted octanol–water partition coefficient (Wildman–Crippen LogP) is 2.74. The SMILES string of the molecule is O=S(c1ccccc1)C1CCCC1. The average molecular weight is 194 g/mol. The topological polar surface area (TPSA) is 17.1 Å². The lowest BCUT2D eigenvalue weighted by Crippen LogP contribution is -2.09. The summed E-state index contributed by atoms with van der Waals surface area (Å²) in [5, 5.41) is 0.419. The second-order valence-corrected chi connectivity index (χ2v) is 5.25. The van der Waals surface area contributed by atoms with E-state index in [1.807, 2.05) is 30.3 Å². The third-order valence-corrected chi connectivity index (χ3v) is 4.39. The zero-order valence-electron chi connectivity index (χ0n) is 7.61. The Labute approximate surface area is 81.6 Å². The molecule has 0 radical (unpaired) electrons. The van der Waals surface area contributed by atoms with Crippen molar-refractivity contribution in [2.45, 2.75) is 35.8 Å². The molecule has 0 amide bonds. The van der Waals surface area contributed by atoms with Crippen molar-refractivity contribution in [2.75, 3.05) is 0 Å². The van der Waals surface area contributed by atoms with Gasteiger partial charge < -0.3 is 0 Å². The molecule has 1 fully saturated rings. The Kier molecular flexibility index (Phi) is 2.79. The minimum Gasteiger partial charge on any atom is -0.254 e. The summed E-state index contributed by atoms with van der Waals surface area (Å²) < 4.78 is 12.0. The van der Waals surface area contributed by atoms with E-state index in [1.54, 1.807) is 0 Å². The van der Waals surface area contributed by atoms with E-state index in [-0.39, 0.29) is 0 Å². The van der Waals surface area contributed by atoms with Gasteiger partial charge in [-0.1, -0.05) is 31.0 Å². The summed E-state index contributed by atoms with van der Waals surface area (Å²) >= 11 is 0. The van der Waals surface area contributed by atoms with Crippen LogP contribution in [0.15, 0.2) is 35.2 Å². The fraction of sp³-hybridized carbons (Fsp3) is 0.455. The lowest BCUT2D eigenvalue weighted by atomic mass is 10.4. The quantitative estimate of drug-likeness (QED) is 0.707. The van der Waals surface area contributed by atoms with Crippen LogP contribution in [-0.2, 0) is 10.8 Å². The summed E-state index contributed by atoms with van der Waals surface area (Å²) in [6.07, 6.45) is 4.79. The summed E-state index contributed by atoms with van der Waals surface area (Å²) in [6, 6.07) is 9.82. The molecule has 1 saturated carbocycles. The van der Waals surface area contributed by atoms with Crippen molar-refractivity contribution >= 4 is 10.8 Å². The molecule has 0 N–H and O–H groups in total. The van der Waals surface area contributed by atoms with E-state index >= 15 is 0 Å². The Morgan fingerprint density at radius 1 is 1.08 bits per heavy atom. The molecule has 0 saturated heterocycles. The fourth-order valence-corrected chi connectivity index (χ4v) is 3.42. The van der Waals surface area contributed by atoms with Gasteiger partial charge in [0, 0.05) is 10.1 Å². The van der Waals surface area contributed by atoms with Crippen molar-refractivity contribution in [1.82, 2.24) is 0 Å². The van der Waals surface area contributed by atoms with Crippen molar-refractivity contribution in [2.24, 2.45) is 0 Å². The smallest absolute Gasteiger partial charge is 0.0560 e. The molecule has 1 aliphatic carbocycles. The molecule has 70 valence electrons. The second kappa shape index (κ2) is 4.05. The fourth-order valence-electron chi connectivity index (χ4n) is 1.85. The molecule has 2 rings (SSSR count). The van der Waals surface area contributed by atoms with E-state index in [0.717, 1.165) is 17.7 Å². The summed E-state index contributed by atoms with van der Waals surface area (Å²) in [4.78, 5) is 0.995. The largest absolute Gasteiger partial charge is 0.254 e. The maximum absolute atomic E-state index is 12.0. The van der Waals surface area contributed by atoms with Crippen molar-refractivity contribution < 1.29 is 4.21 Å². The van der Waals surface area contributed by atoms with Gasteiger partial charge in [-0.3, -0.25) is 4.21 Å². The monoisotopic (exact) mass is 194 g/mol. The van der Waals surface area contributed by atoms with Gasteiger partial charge in [-0.05, 0) is 25.0 Å². The van der Waals surface area contributed by atoms with E-state index in [1.165, 1.54) is 12.8 Å². The first-order valence-corrected chi connectivity index (χ1v) is 6.05. The van der Waals surface area contributed by atoms with Crippen LogP contribution in [-0.4, -0.2) is 9.46 Å². The Hall–Kier alpha value is -0.630. The van der Waals surface area contributed by atoms with E-state index in [4.69, 9.17) is 0 Å². The van der Waals surface area contributed by atoms with Crippen LogP contribution in [0.3, 0.4) is 0 Å². The van der Waals surface area contributed by atoms with E-state index < -0.39 is 10.8 Å². The van der Waals surface area contributed by atoms with Gasteiger partial charge in [0.05, 0.1) is 10.8 Å². The van der Waals surface area contributed by atoms with E-state index in [2.05, 4.69) is 0 Å². The molecule has 0 aliphatic heterocycles. The zero-order chi connectivity index (χ0) is 9.10. The Morgan fingerprint density at radius 2 is 1.69 bits per heavy atom. The van der Waals surface area contributed by atoms with Crippen LogP contribution in [0.1, 0.15) is 25.7 Å². The van der Waals surface area contributed by atoms with Crippen LogP contribution in [0.2, 0.25) is 0 Å².